The van der Waals surface area contributed by atoms with Gasteiger partial charge in [0.15, 0.2) is 11.5 Å². The summed E-state index contributed by atoms with van der Waals surface area (Å²) in [6.07, 6.45) is 4.26. The lowest BCUT2D eigenvalue weighted by Gasteiger charge is -2.37. The summed E-state index contributed by atoms with van der Waals surface area (Å²) in [6, 6.07) is 3.62. The summed E-state index contributed by atoms with van der Waals surface area (Å²) in [6.45, 7) is 4.05. The van der Waals surface area contributed by atoms with Gasteiger partial charge in [-0.05, 0) is 37.3 Å². The topological polar surface area (TPSA) is 30.2 Å². The van der Waals surface area contributed by atoms with Crippen molar-refractivity contribution in [2.75, 3.05) is 0 Å². The summed E-state index contributed by atoms with van der Waals surface area (Å²) >= 11 is 0. The lowest BCUT2D eigenvalue weighted by atomic mass is 9.67. The Morgan fingerprint density at radius 1 is 1.50 bits per heavy atom. The second kappa shape index (κ2) is 3.26. The Balaban J connectivity index is 2.02. The fourth-order valence-electron chi connectivity index (χ4n) is 2.02. The van der Waals surface area contributed by atoms with E-state index in [9.17, 15) is 4.79 Å². The van der Waals surface area contributed by atoms with E-state index in [-0.39, 0.29) is 11.2 Å². The highest BCUT2D eigenvalue weighted by molar-refractivity contribution is 5.93. The molecule has 76 valence electrons. The summed E-state index contributed by atoms with van der Waals surface area (Å²) in [5, 5.41) is 0. The average molecular weight is 192 g/mol. The summed E-state index contributed by atoms with van der Waals surface area (Å²) < 4.78 is 5.31. The van der Waals surface area contributed by atoms with E-state index >= 15 is 0 Å². The fraction of sp³-hybridized carbons (Fsp3) is 0.583. The lowest BCUT2D eigenvalue weighted by Crippen LogP contribution is -2.28. The van der Waals surface area contributed by atoms with E-state index in [1.165, 1.54) is 19.3 Å². The molecular formula is C12H16O2. The van der Waals surface area contributed by atoms with E-state index < -0.39 is 0 Å². The molecule has 1 aromatic heterocycles. The largest absolute Gasteiger partial charge is 0.458 e. The van der Waals surface area contributed by atoms with Crippen molar-refractivity contribution in [3.8, 4) is 0 Å². The van der Waals surface area contributed by atoms with Crippen molar-refractivity contribution in [3.63, 3.8) is 0 Å². The van der Waals surface area contributed by atoms with Crippen LogP contribution in [-0.2, 0) is 0 Å². The zero-order valence-electron chi connectivity index (χ0n) is 8.80. The van der Waals surface area contributed by atoms with Crippen LogP contribution in [0.3, 0.4) is 0 Å². The molecule has 0 spiro atoms. The Bertz CT molecular complexity index is 345. The number of rotatable bonds is 3. The van der Waals surface area contributed by atoms with Gasteiger partial charge in [-0.15, -0.1) is 0 Å². The summed E-state index contributed by atoms with van der Waals surface area (Å²) in [4.78, 5) is 11.8. The second-order valence-electron chi connectivity index (χ2n) is 4.67. The van der Waals surface area contributed by atoms with Crippen LogP contribution in [-0.4, -0.2) is 5.78 Å². The minimum absolute atomic E-state index is 0.153. The molecule has 0 atom stereocenters. The molecule has 0 bridgehead atoms. The highest BCUT2D eigenvalue weighted by atomic mass is 16.3. The highest BCUT2D eigenvalue weighted by Crippen LogP contribution is 2.43. The van der Waals surface area contributed by atoms with E-state index in [4.69, 9.17) is 4.42 Å². The van der Waals surface area contributed by atoms with Crippen molar-refractivity contribution in [3.05, 3.63) is 23.7 Å². The molecule has 1 aliphatic rings. The first-order valence-electron chi connectivity index (χ1n) is 5.19. The number of carbonyl (C=O) groups excluding carboxylic acids is 1. The van der Waals surface area contributed by atoms with Crippen LogP contribution in [0.4, 0.5) is 0 Å². The average Bonchev–Trinajstić information content (AvgIpc) is 2.49. The van der Waals surface area contributed by atoms with Gasteiger partial charge in [0.25, 0.3) is 0 Å². The van der Waals surface area contributed by atoms with Crippen LogP contribution in [0, 0.1) is 12.3 Å². The third kappa shape index (κ3) is 1.74. The van der Waals surface area contributed by atoms with Crippen molar-refractivity contribution in [1.29, 1.82) is 0 Å². The molecule has 1 saturated carbocycles. The van der Waals surface area contributed by atoms with Crippen LogP contribution >= 0.6 is 0 Å². The first-order valence-corrected chi connectivity index (χ1v) is 5.19. The maximum absolute atomic E-state index is 11.8. The van der Waals surface area contributed by atoms with Gasteiger partial charge in [0, 0.05) is 6.42 Å². The maximum atomic E-state index is 11.8. The standard InChI is InChI=1S/C12H16O2/c1-9-4-5-11(14-9)10(13)8-12(2)6-3-7-12/h4-5H,3,6-8H2,1-2H3. The van der Waals surface area contributed by atoms with E-state index in [0.29, 0.717) is 12.2 Å². The van der Waals surface area contributed by atoms with E-state index in [2.05, 4.69) is 6.92 Å². The first kappa shape index (κ1) is 9.50. The van der Waals surface area contributed by atoms with Crippen molar-refractivity contribution in [2.24, 2.45) is 5.41 Å². The van der Waals surface area contributed by atoms with Gasteiger partial charge in [0.1, 0.15) is 5.76 Å². The predicted octanol–water partition coefficient (Wildman–Crippen LogP) is 3.35. The molecule has 2 rings (SSSR count). The molecule has 1 heterocycles. The quantitative estimate of drug-likeness (QED) is 0.687. The smallest absolute Gasteiger partial charge is 0.198 e. The van der Waals surface area contributed by atoms with Crippen LogP contribution < -0.4 is 0 Å². The van der Waals surface area contributed by atoms with Crippen molar-refractivity contribution in [1.82, 2.24) is 0 Å². The SMILES string of the molecule is Cc1ccc(C(=O)CC2(C)CCC2)o1. The zero-order valence-corrected chi connectivity index (χ0v) is 8.80. The fourth-order valence-corrected chi connectivity index (χ4v) is 2.02. The van der Waals surface area contributed by atoms with Crippen LogP contribution in [0.5, 0.6) is 0 Å². The third-order valence-corrected chi connectivity index (χ3v) is 3.16. The lowest BCUT2D eigenvalue weighted by molar-refractivity contribution is 0.0788. The second-order valence-corrected chi connectivity index (χ2v) is 4.67. The number of hydrogen-bond donors (Lipinski definition) is 0. The molecule has 2 heteroatoms. The molecule has 2 nitrogen and oxygen atoms in total. The molecule has 0 unspecified atom stereocenters. The Kier molecular flexibility index (Phi) is 2.22. The number of Topliss-reactive ketones (excluding diaryl/α,β-unsaturated/α-hetero) is 1. The van der Waals surface area contributed by atoms with Gasteiger partial charge in [-0.1, -0.05) is 13.3 Å². The molecule has 0 N–H and O–H groups in total. The van der Waals surface area contributed by atoms with Crippen LogP contribution in [0.2, 0.25) is 0 Å². The van der Waals surface area contributed by atoms with Gasteiger partial charge in [-0.2, -0.15) is 0 Å². The van der Waals surface area contributed by atoms with E-state index in [1.807, 2.05) is 13.0 Å². The van der Waals surface area contributed by atoms with Gasteiger partial charge in [-0.25, -0.2) is 0 Å². The Labute approximate surface area is 84.3 Å². The third-order valence-electron chi connectivity index (χ3n) is 3.16. The van der Waals surface area contributed by atoms with Crippen LogP contribution in [0.15, 0.2) is 16.5 Å². The summed E-state index contributed by atoms with van der Waals surface area (Å²) in [7, 11) is 0. The Morgan fingerprint density at radius 3 is 2.64 bits per heavy atom. The number of ketones is 1. The van der Waals surface area contributed by atoms with Gasteiger partial charge in [-0.3, -0.25) is 4.79 Å². The molecule has 0 aromatic carbocycles. The summed E-state index contributed by atoms with van der Waals surface area (Å²) in [5.41, 5.74) is 0.248. The van der Waals surface area contributed by atoms with Crippen LogP contribution in [0.25, 0.3) is 0 Å². The zero-order chi connectivity index (χ0) is 10.2. The minimum atomic E-state index is 0.153. The molecule has 0 aliphatic heterocycles. The van der Waals surface area contributed by atoms with Crippen molar-refractivity contribution in [2.45, 2.75) is 39.5 Å². The summed E-state index contributed by atoms with van der Waals surface area (Å²) in [5.74, 6) is 1.49. The molecule has 0 amide bonds. The highest BCUT2D eigenvalue weighted by Gasteiger charge is 2.34. The molecule has 14 heavy (non-hydrogen) atoms. The number of carbonyl (C=O) groups is 1. The number of aryl methyl sites for hydroxylation is 1. The van der Waals surface area contributed by atoms with Gasteiger partial charge < -0.3 is 4.42 Å². The predicted molar refractivity (Wildman–Crippen MR) is 54.4 cm³/mol. The van der Waals surface area contributed by atoms with Gasteiger partial charge in [0.05, 0.1) is 0 Å². The van der Waals surface area contributed by atoms with E-state index in [1.54, 1.807) is 6.07 Å². The van der Waals surface area contributed by atoms with Crippen molar-refractivity contribution >= 4 is 5.78 Å². The first-order chi connectivity index (χ1) is 6.59. The molecule has 1 aliphatic carbocycles. The number of hydrogen-bond acceptors (Lipinski definition) is 2. The van der Waals surface area contributed by atoms with E-state index in [0.717, 1.165) is 5.76 Å². The minimum Gasteiger partial charge on any atom is -0.458 e. The van der Waals surface area contributed by atoms with Gasteiger partial charge >= 0.3 is 0 Å². The van der Waals surface area contributed by atoms with Gasteiger partial charge in [0.2, 0.25) is 0 Å². The van der Waals surface area contributed by atoms with Crippen molar-refractivity contribution < 1.29 is 9.21 Å². The molecule has 0 radical (unpaired) electrons. The number of furan rings is 1. The molecule has 1 fully saturated rings. The Morgan fingerprint density at radius 2 is 2.21 bits per heavy atom. The monoisotopic (exact) mass is 192 g/mol. The normalized spacial score (nSPS) is 19.0. The van der Waals surface area contributed by atoms with Crippen LogP contribution in [0.1, 0.15) is 48.9 Å². The molecule has 0 saturated heterocycles. The molecule has 1 aromatic rings. The molecular weight excluding hydrogens is 176 g/mol. The maximum Gasteiger partial charge on any atom is 0.198 e. The Hall–Kier alpha value is -1.05.